The van der Waals surface area contributed by atoms with Crippen LogP contribution in [0.5, 0.6) is 0 Å². The molecule has 0 unspecified atom stereocenters. The molecule has 2 aromatic rings. The zero-order valence-corrected chi connectivity index (χ0v) is 12.9. The number of nitrogens with zero attached hydrogens (tertiary/aromatic N) is 2. The van der Waals surface area contributed by atoms with Gasteiger partial charge in [-0.05, 0) is 11.1 Å². The summed E-state index contributed by atoms with van der Waals surface area (Å²) in [6.07, 6.45) is 0.927. The monoisotopic (exact) mass is 314 g/mol. The normalized spacial score (nSPS) is 11.2. The van der Waals surface area contributed by atoms with Crippen molar-refractivity contribution < 1.29 is 0 Å². The fourth-order valence-electron chi connectivity index (χ4n) is 3.05. The van der Waals surface area contributed by atoms with E-state index in [1.165, 1.54) is 0 Å². The third kappa shape index (κ3) is 2.52. The van der Waals surface area contributed by atoms with E-state index < -0.39 is 0 Å². The third-order valence-electron chi connectivity index (χ3n) is 4.16. The Labute approximate surface area is 137 Å². The first-order valence-corrected chi connectivity index (χ1v) is 7.79. The Hall–Kier alpha value is -3.14. The van der Waals surface area contributed by atoms with Gasteiger partial charge in [0, 0.05) is 12.8 Å². The van der Waals surface area contributed by atoms with Crippen molar-refractivity contribution >= 4 is 0 Å². The van der Waals surface area contributed by atoms with E-state index in [0.29, 0.717) is 34.7 Å². The third-order valence-corrected chi connectivity index (χ3v) is 4.16. The zero-order valence-electron chi connectivity index (χ0n) is 12.9. The van der Waals surface area contributed by atoms with Crippen LogP contribution in [0.4, 0.5) is 0 Å². The molecule has 2 aliphatic rings. The maximum Gasteiger partial charge on any atom is 0.280 e. The fourth-order valence-corrected chi connectivity index (χ4v) is 3.05. The first-order valence-electron chi connectivity index (χ1n) is 7.79. The molecule has 4 heteroatoms. The van der Waals surface area contributed by atoms with Crippen molar-refractivity contribution in [2.45, 2.75) is 12.8 Å². The molecule has 0 aliphatic carbocycles. The average molecular weight is 314 g/mol. The second-order valence-corrected chi connectivity index (χ2v) is 5.80. The Kier molecular flexibility index (Phi) is 3.50. The average Bonchev–Trinajstić information content (AvgIpc) is 3.09. The second kappa shape index (κ2) is 5.81. The largest absolute Gasteiger partial charge is 0.280 e. The SMILES string of the molecule is O=c1nc(Cc2ccccc2)c2c(=O)nc(Cc3ccccc3)c1=2. The van der Waals surface area contributed by atoms with Crippen molar-refractivity contribution in [1.82, 2.24) is 9.97 Å². The highest BCUT2D eigenvalue weighted by Gasteiger charge is 2.17. The minimum atomic E-state index is -0.350. The van der Waals surface area contributed by atoms with Gasteiger partial charge >= 0.3 is 0 Å². The summed E-state index contributed by atoms with van der Waals surface area (Å²) in [5.41, 5.74) is 2.38. The molecule has 0 amide bonds. The van der Waals surface area contributed by atoms with E-state index >= 15 is 0 Å². The van der Waals surface area contributed by atoms with Gasteiger partial charge in [0.2, 0.25) is 0 Å². The lowest BCUT2D eigenvalue weighted by atomic mass is 10.1. The molecule has 2 heterocycles. The fraction of sp³-hybridized carbons (Fsp3) is 0.100. The maximum absolute atomic E-state index is 12.3. The van der Waals surface area contributed by atoms with Crippen molar-refractivity contribution in [3.8, 4) is 0 Å². The molecule has 24 heavy (non-hydrogen) atoms. The van der Waals surface area contributed by atoms with E-state index in [9.17, 15) is 9.59 Å². The van der Waals surface area contributed by atoms with E-state index in [1.807, 2.05) is 60.7 Å². The first kappa shape index (κ1) is 14.5. The van der Waals surface area contributed by atoms with E-state index in [4.69, 9.17) is 0 Å². The predicted octanol–water partition coefficient (Wildman–Crippen LogP) is 1.98. The number of hydrogen-bond acceptors (Lipinski definition) is 4. The van der Waals surface area contributed by atoms with Gasteiger partial charge in [-0.25, -0.2) is 9.97 Å². The van der Waals surface area contributed by atoms with Crippen molar-refractivity contribution in [3.05, 3.63) is 114 Å². The van der Waals surface area contributed by atoms with Crippen LogP contribution in [0.2, 0.25) is 0 Å². The number of benzene rings is 2. The first-order chi connectivity index (χ1) is 11.7. The Bertz CT molecular complexity index is 1040. The minimum absolute atomic E-state index is 0.350. The molecule has 2 aliphatic heterocycles. The second-order valence-electron chi connectivity index (χ2n) is 5.80. The van der Waals surface area contributed by atoms with Crippen LogP contribution in [0.15, 0.2) is 70.3 Å². The van der Waals surface area contributed by atoms with E-state index in [0.717, 1.165) is 11.1 Å². The van der Waals surface area contributed by atoms with Crippen molar-refractivity contribution in [1.29, 1.82) is 0 Å². The Morgan fingerprint density at radius 2 is 0.958 bits per heavy atom. The molecule has 4 nitrogen and oxygen atoms in total. The number of rotatable bonds is 4. The lowest BCUT2D eigenvalue weighted by molar-refractivity contribution is 1.03. The Morgan fingerprint density at radius 1 is 0.583 bits per heavy atom. The Morgan fingerprint density at radius 3 is 1.33 bits per heavy atom. The molecular weight excluding hydrogens is 300 g/mol. The van der Waals surface area contributed by atoms with E-state index in [-0.39, 0.29) is 11.1 Å². The summed E-state index contributed by atoms with van der Waals surface area (Å²) in [4.78, 5) is 32.9. The van der Waals surface area contributed by atoms with Crippen LogP contribution in [0.3, 0.4) is 0 Å². The van der Waals surface area contributed by atoms with Crippen LogP contribution in [0, 0.1) is 10.4 Å². The highest BCUT2D eigenvalue weighted by atomic mass is 16.1. The predicted molar refractivity (Wildman–Crippen MR) is 90.7 cm³/mol. The van der Waals surface area contributed by atoms with Gasteiger partial charge in [0.1, 0.15) is 0 Å². The van der Waals surface area contributed by atoms with Gasteiger partial charge in [0.05, 0.1) is 21.8 Å². The van der Waals surface area contributed by atoms with Gasteiger partial charge in [0.25, 0.3) is 11.1 Å². The van der Waals surface area contributed by atoms with Crippen molar-refractivity contribution in [2.24, 2.45) is 0 Å². The molecule has 0 N–H and O–H groups in total. The van der Waals surface area contributed by atoms with Gasteiger partial charge in [-0.1, -0.05) is 60.7 Å². The lowest BCUT2D eigenvalue weighted by Crippen LogP contribution is -2.08. The molecule has 0 aromatic heterocycles. The molecule has 0 spiro atoms. The van der Waals surface area contributed by atoms with E-state index in [1.54, 1.807) is 0 Å². The summed E-state index contributed by atoms with van der Waals surface area (Å²) in [6.45, 7) is 0. The molecule has 116 valence electrons. The van der Waals surface area contributed by atoms with Crippen LogP contribution in [0.1, 0.15) is 22.5 Å². The van der Waals surface area contributed by atoms with Gasteiger partial charge in [0.15, 0.2) is 0 Å². The van der Waals surface area contributed by atoms with Crippen LogP contribution < -0.4 is 11.1 Å². The maximum atomic E-state index is 12.3. The molecule has 2 aromatic carbocycles. The number of hydrogen-bond donors (Lipinski definition) is 0. The van der Waals surface area contributed by atoms with Gasteiger partial charge in [-0.15, -0.1) is 0 Å². The molecule has 0 radical (unpaired) electrons. The summed E-state index contributed by atoms with van der Waals surface area (Å²) in [6, 6.07) is 19.4. The van der Waals surface area contributed by atoms with Crippen molar-refractivity contribution in [2.75, 3.05) is 0 Å². The summed E-state index contributed by atoms with van der Waals surface area (Å²) < 4.78 is 0. The van der Waals surface area contributed by atoms with Crippen LogP contribution in [-0.4, -0.2) is 9.97 Å². The molecule has 0 saturated heterocycles. The quantitative estimate of drug-likeness (QED) is 0.578. The highest BCUT2D eigenvalue weighted by Crippen LogP contribution is 2.12. The molecule has 0 atom stereocenters. The Balaban J connectivity index is 1.82. The number of aromatic nitrogens is 2. The van der Waals surface area contributed by atoms with Crippen LogP contribution >= 0.6 is 0 Å². The summed E-state index contributed by atoms with van der Waals surface area (Å²) in [5, 5.41) is 0.768. The molecule has 0 bridgehead atoms. The van der Waals surface area contributed by atoms with Gasteiger partial charge in [-0.2, -0.15) is 0 Å². The lowest BCUT2D eigenvalue weighted by Gasteiger charge is -1.96. The van der Waals surface area contributed by atoms with Crippen LogP contribution in [-0.2, 0) is 12.8 Å². The highest BCUT2D eigenvalue weighted by molar-refractivity contribution is 5.30. The van der Waals surface area contributed by atoms with E-state index in [2.05, 4.69) is 9.97 Å². The standard InChI is InChI=1S/C20H14N2O2/c23-19-17-15(11-13-7-3-1-4-8-13)21-20(24)18(17)16(22-19)12-14-9-5-2-6-10-14/h1-10H,11-12H2. The molecular formula is C20H14N2O2. The van der Waals surface area contributed by atoms with Gasteiger partial charge < -0.3 is 0 Å². The summed E-state index contributed by atoms with van der Waals surface area (Å²) in [5.74, 6) is 0. The smallest absolute Gasteiger partial charge is 0.267 e. The zero-order chi connectivity index (χ0) is 16.5. The molecule has 4 rings (SSSR count). The minimum Gasteiger partial charge on any atom is -0.267 e. The van der Waals surface area contributed by atoms with Gasteiger partial charge in [-0.3, -0.25) is 9.59 Å². The van der Waals surface area contributed by atoms with Crippen molar-refractivity contribution in [3.63, 3.8) is 0 Å². The topological polar surface area (TPSA) is 59.9 Å². The summed E-state index contributed by atoms with van der Waals surface area (Å²) >= 11 is 0. The molecule has 0 fully saturated rings. The van der Waals surface area contributed by atoms with Crippen LogP contribution in [0.25, 0.3) is 0 Å². The molecule has 0 saturated carbocycles. The summed E-state index contributed by atoms with van der Waals surface area (Å²) in [7, 11) is 0.